The smallest absolute Gasteiger partial charge is 0.0876 e. The van der Waals surface area contributed by atoms with Crippen LogP contribution in [0.1, 0.15) is 97.3 Å². The average molecular weight is 280 g/mol. The van der Waals surface area contributed by atoms with Crippen molar-refractivity contribution < 1.29 is 4.74 Å². The summed E-state index contributed by atoms with van der Waals surface area (Å²) in [5.74, 6) is 0. The van der Waals surface area contributed by atoms with Gasteiger partial charge in [-0.2, -0.15) is 0 Å². The van der Waals surface area contributed by atoms with E-state index in [1.165, 1.54) is 77.0 Å². The Bertz CT molecular complexity index is 234. The SMILES string of the molecule is CCCCCCCCCC/C=C\CC1OC1CCCC. The third-order valence-electron chi connectivity index (χ3n) is 4.29. The Morgan fingerprint density at radius 2 is 1.35 bits per heavy atom. The lowest BCUT2D eigenvalue weighted by Crippen LogP contribution is -1.91. The molecule has 0 amide bonds. The Labute approximate surface area is 127 Å². The van der Waals surface area contributed by atoms with E-state index in [1.807, 2.05) is 0 Å². The quantitative estimate of drug-likeness (QED) is 0.203. The molecule has 1 aliphatic heterocycles. The topological polar surface area (TPSA) is 12.5 Å². The molecule has 1 nitrogen and oxygen atoms in total. The second-order valence-electron chi connectivity index (χ2n) is 6.33. The molecule has 1 fully saturated rings. The standard InChI is InChI=1S/C19H36O/c1-3-5-7-8-9-10-11-12-13-14-15-17-19-18(20-19)16-6-4-2/h14-15,18-19H,3-13,16-17H2,1-2H3/b15-14-. The minimum atomic E-state index is 0.552. The van der Waals surface area contributed by atoms with Gasteiger partial charge in [-0.3, -0.25) is 0 Å². The van der Waals surface area contributed by atoms with Crippen molar-refractivity contribution in [3.63, 3.8) is 0 Å². The monoisotopic (exact) mass is 280 g/mol. The number of allylic oxidation sites excluding steroid dienone is 1. The summed E-state index contributed by atoms with van der Waals surface area (Å²) in [4.78, 5) is 0. The van der Waals surface area contributed by atoms with Crippen molar-refractivity contribution >= 4 is 0 Å². The molecule has 1 heterocycles. The second kappa shape index (κ2) is 12.4. The molecule has 0 spiro atoms. The summed E-state index contributed by atoms with van der Waals surface area (Å²) in [5.41, 5.74) is 0. The predicted octanol–water partition coefficient (Wildman–Crippen LogP) is 6.42. The molecule has 0 aliphatic carbocycles. The van der Waals surface area contributed by atoms with Crippen molar-refractivity contribution in [2.45, 2.75) is 110 Å². The Kier molecular flexibility index (Phi) is 11.0. The zero-order valence-electron chi connectivity index (χ0n) is 13.9. The highest BCUT2D eigenvalue weighted by atomic mass is 16.6. The van der Waals surface area contributed by atoms with Crippen LogP contribution < -0.4 is 0 Å². The number of epoxide rings is 1. The molecule has 0 radical (unpaired) electrons. The molecule has 118 valence electrons. The number of rotatable bonds is 14. The van der Waals surface area contributed by atoms with Gasteiger partial charge in [-0.05, 0) is 25.7 Å². The van der Waals surface area contributed by atoms with Gasteiger partial charge in [0.15, 0.2) is 0 Å². The highest BCUT2D eigenvalue weighted by Crippen LogP contribution is 2.30. The van der Waals surface area contributed by atoms with E-state index in [0.29, 0.717) is 12.2 Å². The number of hydrogen-bond donors (Lipinski definition) is 0. The fourth-order valence-electron chi connectivity index (χ4n) is 2.79. The van der Waals surface area contributed by atoms with Crippen LogP contribution in [-0.4, -0.2) is 12.2 Å². The Balaban J connectivity index is 1.77. The lowest BCUT2D eigenvalue weighted by Gasteiger charge is -1.99. The van der Waals surface area contributed by atoms with E-state index in [0.717, 1.165) is 6.42 Å². The predicted molar refractivity (Wildman–Crippen MR) is 89.2 cm³/mol. The first-order valence-electron chi connectivity index (χ1n) is 9.19. The summed E-state index contributed by atoms with van der Waals surface area (Å²) < 4.78 is 5.66. The van der Waals surface area contributed by atoms with Crippen LogP contribution in [0.25, 0.3) is 0 Å². The van der Waals surface area contributed by atoms with Gasteiger partial charge in [0, 0.05) is 0 Å². The van der Waals surface area contributed by atoms with Crippen LogP contribution >= 0.6 is 0 Å². The van der Waals surface area contributed by atoms with E-state index in [-0.39, 0.29) is 0 Å². The Morgan fingerprint density at radius 3 is 2.05 bits per heavy atom. The molecule has 0 saturated carbocycles. The first kappa shape index (κ1) is 17.8. The van der Waals surface area contributed by atoms with E-state index in [2.05, 4.69) is 26.0 Å². The maximum absolute atomic E-state index is 5.66. The summed E-state index contributed by atoms with van der Waals surface area (Å²) in [6, 6.07) is 0. The molecule has 0 bridgehead atoms. The van der Waals surface area contributed by atoms with Crippen molar-refractivity contribution in [2.75, 3.05) is 0 Å². The zero-order chi connectivity index (χ0) is 14.5. The summed E-state index contributed by atoms with van der Waals surface area (Å²) >= 11 is 0. The minimum Gasteiger partial charge on any atom is -0.369 e. The largest absolute Gasteiger partial charge is 0.369 e. The first-order chi connectivity index (χ1) is 9.88. The van der Waals surface area contributed by atoms with Crippen LogP contribution in [0.4, 0.5) is 0 Å². The number of unbranched alkanes of at least 4 members (excludes halogenated alkanes) is 9. The van der Waals surface area contributed by atoms with Gasteiger partial charge in [-0.25, -0.2) is 0 Å². The van der Waals surface area contributed by atoms with Crippen molar-refractivity contribution in [2.24, 2.45) is 0 Å². The highest BCUT2D eigenvalue weighted by Gasteiger charge is 2.36. The molecule has 2 atom stereocenters. The van der Waals surface area contributed by atoms with Crippen LogP contribution in [0.3, 0.4) is 0 Å². The molecule has 2 unspecified atom stereocenters. The van der Waals surface area contributed by atoms with Crippen molar-refractivity contribution in [1.82, 2.24) is 0 Å². The molecule has 0 aromatic rings. The van der Waals surface area contributed by atoms with Crippen LogP contribution in [0.2, 0.25) is 0 Å². The van der Waals surface area contributed by atoms with E-state index < -0.39 is 0 Å². The first-order valence-corrected chi connectivity index (χ1v) is 9.19. The van der Waals surface area contributed by atoms with Crippen LogP contribution in [0.5, 0.6) is 0 Å². The summed E-state index contributed by atoms with van der Waals surface area (Å²) in [6.07, 6.45) is 23.5. The maximum Gasteiger partial charge on any atom is 0.0876 e. The molecule has 1 aliphatic rings. The highest BCUT2D eigenvalue weighted by molar-refractivity contribution is 4.93. The molecule has 1 saturated heterocycles. The fraction of sp³-hybridized carbons (Fsp3) is 0.895. The van der Waals surface area contributed by atoms with Crippen molar-refractivity contribution in [3.8, 4) is 0 Å². The summed E-state index contributed by atoms with van der Waals surface area (Å²) in [7, 11) is 0. The van der Waals surface area contributed by atoms with Gasteiger partial charge in [0.05, 0.1) is 12.2 Å². The minimum absolute atomic E-state index is 0.552. The van der Waals surface area contributed by atoms with Gasteiger partial charge in [0.2, 0.25) is 0 Å². The van der Waals surface area contributed by atoms with E-state index in [1.54, 1.807) is 0 Å². The van der Waals surface area contributed by atoms with Gasteiger partial charge in [0.25, 0.3) is 0 Å². The Hall–Kier alpha value is -0.300. The third-order valence-corrected chi connectivity index (χ3v) is 4.29. The van der Waals surface area contributed by atoms with Crippen LogP contribution in [0, 0.1) is 0 Å². The molecule has 0 N–H and O–H groups in total. The second-order valence-corrected chi connectivity index (χ2v) is 6.33. The third kappa shape index (κ3) is 9.58. The van der Waals surface area contributed by atoms with E-state index >= 15 is 0 Å². The van der Waals surface area contributed by atoms with Crippen LogP contribution in [0.15, 0.2) is 12.2 Å². The molecule has 1 heteroatoms. The number of ether oxygens (including phenoxy) is 1. The summed E-state index contributed by atoms with van der Waals surface area (Å²) in [6.45, 7) is 4.53. The van der Waals surface area contributed by atoms with E-state index in [4.69, 9.17) is 4.74 Å². The molecular weight excluding hydrogens is 244 g/mol. The maximum atomic E-state index is 5.66. The number of hydrogen-bond acceptors (Lipinski definition) is 1. The average Bonchev–Trinajstić information content (AvgIpc) is 3.21. The van der Waals surface area contributed by atoms with Gasteiger partial charge in [-0.1, -0.05) is 83.8 Å². The zero-order valence-corrected chi connectivity index (χ0v) is 13.9. The summed E-state index contributed by atoms with van der Waals surface area (Å²) in [5, 5.41) is 0. The molecular formula is C19H36O. The molecule has 0 aromatic carbocycles. The van der Waals surface area contributed by atoms with Gasteiger partial charge in [-0.15, -0.1) is 0 Å². The molecule has 20 heavy (non-hydrogen) atoms. The normalized spacial score (nSPS) is 21.7. The van der Waals surface area contributed by atoms with Gasteiger partial charge < -0.3 is 4.74 Å². The van der Waals surface area contributed by atoms with E-state index in [9.17, 15) is 0 Å². The molecule has 1 rings (SSSR count). The molecule has 0 aromatic heterocycles. The van der Waals surface area contributed by atoms with Crippen LogP contribution in [-0.2, 0) is 4.74 Å². The van der Waals surface area contributed by atoms with Crippen molar-refractivity contribution in [3.05, 3.63) is 12.2 Å². The van der Waals surface area contributed by atoms with Gasteiger partial charge >= 0.3 is 0 Å². The lowest BCUT2D eigenvalue weighted by molar-refractivity contribution is 0.360. The van der Waals surface area contributed by atoms with Crippen molar-refractivity contribution in [1.29, 1.82) is 0 Å². The van der Waals surface area contributed by atoms with Gasteiger partial charge in [0.1, 0.15) is 0 Å². The Morgan fingerprint density at radius 1 is 0.700 bits per heavy atom. The lowest BCUT2D eigenvalue weighted by atomic mass is 10.1. The fourth-order valence-corrected chi connectivity index (χ4v) is 2.79.